The smallest absolute Gasteiger partial charge is 0.221 e. The van der Waals surface area contributed by atoms with Gasteiger partial charge < -0.3 is 9.72 Å². The first-order valence-corrected chi connectivity index (χ1v) is 8.55. The summed E-state index contributed by atoms with van der Waals surface area (Å²) in [5.74, 6) is 0.727. The van der Waals surface area contributed by atoms with Gasteiger partial charge in [0.05, 0.1) is 11.0 Å². The summed E-state index contributed by atoms with van der Waals surface area (Å²) >= 11 is 0. The van der Waals surface area contributed by atoms with E-state index in [4.69, 9.17) is 4.74 Å². The molecule has 0 aliphatic carbocycles. The molecule has 0 saturated heterocycles. The third kappa shape index (κ3) is 2.72. The minimum Gasteiger partial charge on any atom is -0.491 e. The lowest BCUT2D eigenvalue weighted by Crippen LogP contribution is -2.04. The maximum absolute atomic E-state index is 12.6. The van der Waals surface area contributed by atoms with Crippen molar-refractivity contribution in [1.29, 1.82) is 0 Å². The van der Waals surface area contributed by atoms with E-state index in [9.17, 15) is 8.42 Å². The molecule has 0 fully saturated rings. The fourth-order valence-electron chi connectivity index (χ4n) is 2.30. The topological polar surface area (TPSA) is 59.2 Å². The van der Waals surface area contributed by atoms with Crippen molar-refractivity contribution in [3.8, 4) is 5.75 Å². The Hall–Kier alpha value is -2.27. The van der Waals surface area contributed by atoms with Crippen LogP contribution in [0.2, 0.25) is 0 Å². The van der Waals surface area contributed by atoms with Crippen LogP contribution in [0, 0.1) is 0 Å². The van der Waals surface area contributed by atoms with Crippen molar-refractivity contribution in [1.82, 2.24) is 4.98 Å². The lowest BCUT2D eigenvalue weighted by Gasteiger charge is -2.08. The van der Waals surface area contributed by atoms with Crippen molar-refractivity contribution < 1.29 is 13.2 Å². The van der Waals surface area contributed by atoms with E-state index >= 15 is 0 Å². The number of nitrogens with one attached hydrogen (secondary N) is 1. The number of H-pyrrole nitrogens is 1. The van der Waals surface area contributed by atoms with Crippen LogP contribution in [0.15, 0.2) is 64.5 Å². The molecule has 0 amide bonds. The standard InChI is InChI=1S/C17H17NO3S/c1-12(2)21-14-8-9-16-13(10-14)11-17(18-16)22(19,20)15-6-4-3-5-7-15/h3-12,18H,1-2H3. The maximum Gasteiger partial charge on any atom is 0.221 e. The first-order chi connectivity index (χ1) is 10.5. The van der Waals surface area contributed by atoms with Crippen LogP contribution in [0.1, 0.15) is 13.8 Å². The van der Waals surface area contributed by atoms with Crippen LogP contribution >= 0.6 is 0 Å². The molecule has 1 N–H and O–H groups in total. The van der Waals surface area contributed by atoms with Crippen molar-refractivity contribution in [3.05, 3.63) is 54.6 Å². The molecule has 2 aromatic carbocycles. The minimum atomic E-state index is -3.53. The van der Waals surface area contributed by atoms with Crippen LogP contribution in [0.5, 0.6) is 5.75 Å². The number of benzene rings is 2. The number of hydrogen-bond acceptors (Lipinski definition) is 3. The SMILES string of the molecule is CC(C)Oc1ccc2[nH]c(S(=O)(=O)c3ccccc3)cc2c1. The summed E-state index contributed by atoms with van der Waals surface area (Å²) in [6.07, 6.45) is 0.0731. The molecule has 0 aliphatic heterocycles. The first kappa shape index (κ1) is 14.7. The number of ether oxygens (including phenoxy) is 1. The fourth-order valence-corrected chi connectivity index (χ4v) is 3.60. The molecule has 1 aromatic heterocycles. The van der Waals surface area contributed by atoms with Gasteiger partial charge in [0.1, 0.15) is 10.8 Å². The average Bonchev–Trinajstić information content (AvgIpc) is 2.91. The number of aromatic nitrogens is 1. The molecular formula is C17H17NO3S. The lowest BCUT2D eigenvalue weighted by atomic mass is 10.2. The van der Waals surface area contributed by atoms with Crippen LogP contribution in [0.4, 0.5) is 0 Å². The molecule has 0 saturated carbocycles. The fraction of sp³-hybridized carbons (Fsp3) is 0.176. The number of sulfone groups is 1. The van der Waals surface area contributed by atoms with E-state index in [0.29, 0.717) is 0 Å². The summed E-state index contributed by atoms with van der Waals surface area (Å²) in [6.45, 7) is 3.90. The third-order valence-corrected chi connectivity index (χ3v) is 4.97. The Labute approximate surface area is 129 Å². The van der Waals surface area contributed by atoms with Gasteiger partial charge in [0, 0.05) is 10.9 Å². The molecule has 1 heterocycles. The minimum absolute atomic E-state index is 0.0731. The van der Waals surface area contributed by atoms with Crippen molar-refractivity contribution >= 4 is 20.7 Å². The quantitative estimate of drug-likeness (QED) is 0.797. The zero-order valence-electron chi connectivity index (χ0n) is 12.4. The van der Waals surface area contributed by atoms with E-state index in [0.717, 1.165) is 16.7 Å². The van der Waals surface area contributed by atoms with Gasteiger partial charge in [-0.1, -0.05) is 18.2 Å². The molecule has 0 atom stereocenters. The van der Waals surface area contributed by atoms with E-state index < -0.39 is 9.84 Å². The highest BCUT2D eigenvalue weighted by Gasteiger charge is 2.19. The van der Waals surface area contributed by atoms with Crippen LogP contribution < -0.4 is 4.74 Å². The molecule has 22 heavy (non-hydrogen) atoms. The molecule has 114 valence electrons. The molecule has 5 heteroatoms. The molecule has 0 aliphatic rings. The van der Waals surface area contributed by atoms with Gasteiger partial charge in [0.15, 0.2) is 0 Å². The summed E-state index contributed by atoms with van der Waals surface area (Å²) in [6, 6.07) is 15.5. The molecule has 0 radical (unpaired) electrons. The molecule has 0 bridgehead atoms. The summed E-state index contributed by atoms with van der Waals surface area (Å²) < 4.78 is 30.8. The van der Waals surface area contributed by atoms with E-state index in [1.165, 1.54) is 0 Å². The van der Waals surface area contributed by atoms with Crippen molar-refractivity contribution in [2.75, 3.05) is 0 Å². The number of fused-ring (bicyclic) bond motifs is 1. The van der Waals surface area contributed by atoms with Crippen molar-refractivity contribution in [2.45, 2.75) is 29.9 Å². The zero-order valence-corrected chi connectivity index (χ0v) is 13.2. The molecule has 4 nitrogen and oxygen atoms in total. The second-order valence-corrected chi connectivity index (χ2v) is 7.28. The van der Waals surface area contributed by atoms with Crippen LogP contribution in [0.3, 0.4) is 0 Å². The predicted molar refractivity (Wildman–Crippen MR) is 86.0 cm³/mol. The number of aromatic amines is 1. The molecular weight excluding hydrogens is 298 g/mol. The van der Waals surface area contributed by atoms with E-state index in [1.54, 1.807) is 36.4 Å². The number of rotatable bonds is 4. The predicted octanol–water partition coefficient (Wildman–Crippen LogP) is 3.79. The normalized spacial score (nSPS) is 12.0. The van der Waals surface area contributed by atoms with Gasteiger partial charge in [-0.05, 0) is 50.2 Å². The second-order valence-electron chi connectivity index (χ2n) is 5.37. The second kappa shape index (κ2) is 5.50. The highest BCUT2D eigenvalue weighted by Crippen LogP contribution is 2.27. The highest BCUT2D eigenvalue weighted by molar-refractivity contribution is 7.91. The highest BCUT2D eigenvalue weighted by atomic mass is 32.2. The third-order valence-electron chi connectivity index (χ3n) is 3.28. The Kier molecular flexibility index (Phi) is 3.66. The Bertz CT molecular complexity index is 896. The Morgan fingerprint density at radius 3 is 2.41 bits per heavy atom. The molecule has 3 aromatic rings. The Morgan fingerprint density at radius 1 is 1.00 bits per heavy atom. The van der Waals surface area contributed by atoms with Gasteiger partial charge in [-0.15, -0.1) is 0 Å². The zero-order chi connectivity index (χ0) is 15.7. The van der Waals surface area contributed by atoms with E-state index in [2.05, 4.69) is 4.98 Å². The summed E-state index contributed by atoms with van der Waals surface area (Å²) in [5, 5.41) is 1.00. The van der Waals surface area contributed by atoms with Gasteiger partial charge >= 0.3 is 0 Å². The number of hydrogen-bond donors (Lipinski definition) is 1. The largest absolute Gasteiger partial charge is 0.491 e. The Morgan fingerprint density at radius 2 is 1.73 bits per heavy atom. The van der Waals surface area contributed by atoms with Crippen LogP contribution in [0.25, 0.3) is 10.9 Å². The summed E-state index contributed by atoms with van der Waals surface area (Å²) in [4.78, 5) is 3.25. The average molecular weight is 315 g/mol. The monoisotopic (exact) mass is 315 g/mol. The summed E-state index contributed by atoms with van der Waals surface area (Å²) in [5.41, 5.74) is 0.769. The van der Waals surface area contributed by atoms with Gasteiger partial charge in [0.25, 0.3) is 0 Å². The van der Waals surface area contributed by atoms with Gasteiger partial charge in [0.2, 0.25) is 9.84 Å². The summed E-state index contributed by atoms with van der Waals surface area (Å²) in [7, 11) is -3.53. The van der Waals surface area contributed by atoms with Crippen molar-refractivity contribution in [2.24, 2.45) is 0 Å². The molecule has 0 unspecified atom stereocenters. The van der Waals surface area contributed by atoms with Gasteiger partial charge in [-0.3, -0.25) is 0 Å². The maximum atomic E-state index is 12.6. The molecule has 0 spiro atoms. The van der Waals surface area contributed by atoms with E-state index in [-0.39, 0.29) is 16.0 Å². The van der Waals surface area contributed by atoms with Crippen molar-refractivity contribution in [3.63, 3.8) is 0 Å². The van der Waals surface area contributed by atoms with Crippen LogP contribution in [-0.4, -0.2) is 19.5 Å². The van der Waals surface area contributed by atoms with Gasteiger partial charge in [-0.25, -0.2) is 8.42 Å². The molecule has 3 rings (SSSR count). The van der Waals surface area contributed by atoms with Gasteiger partial charge in [-0.2, -0.15) is 0 Å². The first-order valence-electron chi connectivity index (χ1n) is 7.06. The van der Waals surface area contributed by atoms with E-state index in [1.807, 2.05) is 32.0 Å². The van der Waals surface area contributed by atoms with Crippen LogP contribution in [-0.2, 0) is 9.84 Å². The lowest BCUT2D eigenvalue weighted by molar-refractivity contribution is 0.243. The Balaban J connectivity index is 2.05.